The van der Waals surface area contributed by atoms with Crippen molar-refractivity contribution in [3.05, 3.63) is 34.9 Å². The molecule has 2 rings (SSSR count). The van der Waals surface area contributed by atoms with Gasteiger partial charge in [0.15, 0.2) is 0 Å². The van der Waals surface area contributed by atoms with Crippen LogP contribution in [0.5, 0.6) is 0 Å². The van der Waals surface area contributed by atoms with Crippen molar-refractivity contribution in [2.75, 3.05) is 13.2 Å². The van der Waals surface area contributed by atoms with Crippen LogP contribution in [-0.4, -0.2) is 25.3 Å². The molecule has 0 amide bonds. The first-order chi connectivity index (χ1) is 9.24. The van der Waals surface area contributed by atoms with Crippen LogP contribution in [0.15, 0.2) is 24.3 Å². The molecule has 1 heterocycles. The first-order valence-electron chi connectivity index (χ1n) is 7.34. The van der Waals surface area contributed by atoms with Gasteiger partial charge >= 0.3 is 0 Å². The standard InChI is InChI=1S/C16H24ClNO/c1-3-16-14(8-9-19-16)15(18-4-2)11-12-6-5-7-13(17)10-12/h5-7,10,14-16,18H,3-4,8-9,11H2,1-2H3. The van der Waals surface area contributed by atoms with Crippen LogP contribution in [0.4, 0.5) is 0 Å². The third kappa shape index (κ3) is 3.95. The SMILES string of the molecule is CCNC(Cc1cccc(Cl)c1)C1CCOC1CC. The summed E-state index contributed by atoms with van der Waals surface area (Å²) in [6, 6.07) is 8.68. The Bertz CT molecular complexity index is 396. The van der Waals surface area contributed by atoms with Gasteiger partial charge in [0.25, 0.3) is 0 Å². The molecule has 0 aromatic heterocycles. The summed E-state index contributed by atoms with van der Waals surface area (Å²) >= 11 is 6.08. The second kappa shape index (κ2) is 7.28. The summed E-state index contributed by atoms with van der Waals surface area (Å²) in [4.78, 5) is 0. The third-order valence-corrected chi connectivity index (χ3v) is 4.23. The minimum atomic E-state index is 0.406. The lowest BCUT2D eigenvalue weighted by Crippen LogP contribution is -2.41. The zero-order valence-electron chi connectivity index (χ0n) is 11.9. The van der Waals surface area contributed by atoms with Crippen molar-refractivity contribution in [3.63, 3.8) is 0 Å². The highest BCUT2D eigenvalue weighted by atomic mass is 35.5. The topological polar surface area (TPSA) is 21.3 Å². The second-order valence-corrected chi connectivity index (χ2v) is 5.70. The molecule has 2 nitrogen and oxygen atoms in total. The van der Waals surface area contributed by atoms with E-state index in [9.17, 15) is 0 Å². The van der Waals surface area contributed by atoms with Gasteiger partial charge in [0.05, 0.1) is 6.10 Å². The van der Waals surface area contributed by atoms with Gasteiger partial charge in [0.1, 0.15) is 0 Å². The van der Waals surface area contributed by atoms with Crippen LogP contribution in [0.1, 0.15) is 32.3 Å². The molecule has 1 aliphatic heterocycles. The summed E-state index contributed by atoms with van der Waals surface area (Å²) in [5, 5.41) is 4.46. The molecular formula is C16H24ClNO. The fourth-order valence-electron chi connectivity index (χ4n) is 3.10. The summed E-state index contributed by atoms with van der Waals surface area (Å²) in [6.45, 7) is 6.28. The zero-order chi connectivity index (χ0) is 13.7. The van der Waals surface area contributed by atoms with Gasteiger partial charge < -0.3 is 10.1 Å². The molecule has 3 atom stereocenters. The van der Waals surface area contributed by atoms with E-state index >= 15 is 0 Å². The number of ether oxygens (including phenoxy) is 1. The number of benzene rings is 1. The maximum atomic E-state index is 6.08. The largest absolute Gasteiger partial charge is 0.378 e. The molecule has 106 valence electrons. The highest BCUT2D eigenvalue weighted by Gasteiger charge is 2.33. The molecule has 1 aromatic rings. The maximum absolute atomic E-state index is 6.08. The molecule has 19 heavy (non-hydrogen) atoms. The average molecular weight is 282 g/mol. The zero-order valence-corrected chi connectivity index (χ0v) is 12.6. The van der Waals surface area contributed by atoms with Crippen LogP contribution in [0.3, 0.4) is 0 Å². The molecule has 0 bridgehead atoms. The normalized spacial score (nSPS) is 24.6. The predicted octanol–water partition coefficient (Wildman–Crippen LogP) is 3.68. The lowest BCUT2D eigenvalue weighted by molar-refractivity contribution is 0.0776. The van der Waals surface area contributed by atoms with E-state index in [1.165, 1.54) is 5.56 Å². The van der Waals surface area contributed by atoms with Gasteiger partial charge in [-0.15, -0.1) is 0 Å². The van der Waals surface area contributed by atoms with Crippen molar-refractivity contribution < 1.29 is 4.74 Å². The second-order valence-electron chi connectivity index (χ2n) is 5.27. The molecule has 1 aromatic carbocycles. The summed E-state index contributed by atoms with van der Waals surface area (Å²) in [7, 11) is 0. The van der Waals surface area contributed by atoms with Crippen molar-refractivity contribution >= 4 is 11.6 Å². The van der Waals surface area contributed by atoms with Gasteiger partial charge in [-0.1, -0.05) is 37.6 Å². The Morgan fingerprint density at radius 3 is 2.95 bits per heavy atom. The minimum absolute atomic E-state index is 0.406. The van der Waals surface area contributed by atoms with E-state index in [1.54, 1.807) is 0 Å². The van der Waals surface area contributed by atoms with Crippen molar-refractivity contribution in [1.82, 2.24) is 5.32 Å². The summed E-state index contributed by atoms with van der Waals surface area (Å²) in [6.07, 6.45) is 3.70. The number of likely N-dealkylation sites (N-methyl/N-ethyl adjacent to an activating group) is 1. The monoisotopic (exact) mass is 281 g/mol. The van der Waals surface area contributed by atoms with E-state index in [2.05, 4.69) is 31.3 Å². The molecule has 0 spiro atoms. The Kier molecular flexibility index (Phi) is 5.68. The van der Waals surface area contributed by atoms with Crippen molar-refractivity contribution in [2.24, 2.45) is 5.92 Å². The van der Waals surface area contributed by atoms with Crippen molar-refractivity contribution in [2.45, 2.75) is 45.3 Å². The lowest BCUT2D eigenvalue weighted by Gasteiger charge is -2.28. The Morgan fingerprint density at radius 1 is 1.42 bits per heavy atom. The molecule has 1 N–H and O–H groups in total. The lowest BCUT2D eigenvalue weighted by atomic mass is 9.87. The van der Waals surface area contributed by atoms with Gasteiger partial charge in [-0.3, -0.25) is 0 Å². The maximum Gasteiger partial charge on any atom is 0.0616 e. The Balaban J connectivity index is 2.07. The molecule has 3 unspecified atom stereocenters. The third-order valence-electron chi connectivity index (χ3n) is 3.99. The van der Waals surface area contributed by atoms with Gasteiger partial charge in [-0.05, 0) is 43.5 Å². The van der Waals surface area contributed by atoms with E-state index in [0.717, 1.165) is 37.4 Å². The van der Waals surface area contributed by atoms with E-state index in [1.807, 2.05) is 12.1 Å². The molecule has 0 saturated carbocycles. The fourth-order valence-corrected chi connectivity index (χ4v) is 3.31. The predicted molar refractivity (Wildman–Crippen MR) is 80.8 cm³/mol. The number of rotatable bonds is 6. The van der Waals surface area contributed by atoms with E-state index in [0.29, 0.717) is 18.1 Å². The highest BCUT2D eigenvalue weighted by molar-refractivity contribution is 6.30. The number of hydrogen-bond donors (Lipinski definition) is 1. The minimum Gasteiger partial charge on any atom is -0.378 e. The summed E-state index contributed by atoms with van der Waals surface area (Å²) < 4.78 is 5.84. The van der Waals surface area contributed by atoms with Crippen LogP contribution >= 0.6 is 11.6 Å². The van der Waals surface area contributed by atoms with Gasteiger partial charge in [-0.2, -0.15) is 0 Å². The van der Waals surface area contributed by atoms with Crippen LogP contribution in [-0.2, 0) is 11.2 Å². The Morgan fingerprint density at radius 2 is 2.26 bits per heavy atom. The van der Waals surface area contributed by atoms with Crippen LogP contribution in [0, 0.1) is 5.92 Å². The first kappa shape index (κ1) is 14.8. The number of nitrogens with one attached hydrogen (secondary N) is 1. The molecule has 0 radical (unpaired) electrons. The van der Waals surface area contributed by atoms with Crippen molar-refractivity contribution in [1.29, 1.82) is 0 Å². The highest BCUT2D eigenvalue weighted by Crippen LogP contribution is 2.28. The number of hydrogen-bond acceptors (Lipinski definition) is 2. The summed E-state index contributed by atoms with van der Waals surface area (Å²) in [5.41, 5.74) is 1.31. The molecule has 3 heteroatoms. The van der Waals surface area contributed by atoms with Crippen LogP contribution < -0.4 is 5.32 Å². The van der Waals surface area contributed by atoms with Crippen LogP contribution in [0.25, 0.3) is 0 Å². The van der Waals surface area contributed by atoms with Gasteiger partial charge in [0, 0.05) is 23.6 Å². The van der Waals surface area contributed by atoms with E-state index in [4.69, 9.17) is 16.3 Å². The quantitative estimate of drug-likeness (QED) is 0.859. The smallest absolute Gasteiger partial charge is 0.0616 e. The Hall–Kier alpha value is -0.570. The average Bonchev–Trinajstić information content (AvgIpc) is 2.86. The molecule has 1 saturated heterocycles. The van der Waals surface area contributed by atoms with Gasteiger partial charge in [0.2, 0.25) is 0 Å². The van der Waals surface area contributed by atoms with E-state index in [-0.39, 0.29) is 0 Å². The fraction of sp³-hybridized carbons (Fsp3) is 0.625. The molecule has 0 aliphatic carbocycles. The molecular weight excluding hydrogens is 258 g/mol. The van der Waals surface area contributed by atoms with Gasteiger partial charge in [-0.25, -0.2) is 0 Å². The molecule has 1 fully saturated rings. The van der Waals surface area contributed by atoms with Crippen molar-refractivity contribution in [3.8, 4) is 0 Å². The summed E-state index contributed by atoms with van der Waals surface area (Å²) in [5.74, 6) is 0.615. The Labute approximate surface area is 121 Å². The first-order valence-corrected chi connectivity index (χ1v) is 7.71. The molecule has 1 aliphatic rings. The van der Waals surface area contributed by atoms with E-state index < -0.39 is 0 Å². The van der Waals surface area contributed by atoms with Crippen LogP contribution in [0.2, 0.25) is 5.02 Å². The number of halogens is 1.